The Balaban J connectivity index is 2.20. The Kier molecular flexibility index (Phi) is 7.37. The molecule has 0 aliphatic carbocycles. The van der Waals surface area contributed by atoms with Crippen LogP contribution in [0.4, 0.5) is 0 Å². The molecule has 1 heterocycles. The van der Waals surface area contributed by atoms with Gasteiger partial charge in [-0.1, -0.05) is 0 Å². The molecule has 0 aromatic rings. The molecular formula is C12H28InN3. The second-order valence-electron chi connectivity index (χ2n) is 5.07. The summed E-state index contributed by atoms with van der Waals surface area (Å²) in [4.78, 5) is 5.11. The van der Waals surface area contributed by atoms with Crippen molar-refractivity contribution in [3.8, 4) is 0 Å². The minimum atomic E-state index is -1.34. The molecule has 4 heteroatoms. The molecule has 1 fully saturated rings. The Morgan fingerprint density at radius 1 is 1.12 bits per heavy atom. The van der Waals surface area contributed by atoms with Crippen LogP contribution in [0.5, 0.6) is 0 Å². The first-order valence-electron chi connectivity index (χ1n) is 6.78. The van der Waals surface area contributed by atoms with Gasteiger partial charge in [0, 0.05) is 0 Å². The summed E-state index contributed by atoms with van der Waals surface area (Å²) in [7, 11) is 4.66. The van der Waals surface area contributed by atoms with E-state index in [0.717, 1.165) is 0 Å². The zero-order valence-electron chi connectivity index (χ0n) is 11.6. The van der Waals surface area contributed by atoms with Gasteiger partial charge in [-0.05, 0) is 0 Å². The van der Waals surface area contributed by atoms with E-state index < -0.39 is 21.7 Å². The zero-order valence-corrected chi connectivity index (χ0v) is 14.9. The van der Waals surface area contributed by atoms with Crippen LogP contribution < -0.4 is 0 Å². The van der Waals surface area contributed by atoms with Gasteiger partial charge < -0.3 is 0 Å². The molecule has 1 aliphatic rings. The van der Waals surface area contributed by atoms with E-state index in [1.165, 1.54) is 43.4 Å². The SMILES string of the molecule is CCN(CC)CC[CH2][In]1[CH2]N(C)CC[N]1C. The van der Waals surface area contributed by atoms with Crippen molar-refractivity contribution < 1.29 is 0 Å². The zero-order chi connectivity index (χ0) is 12.0. The van der Waals surface area contributed by atoms with Gasteiger partial charge in [-0.25, -0.2) is 0 Å². The fraction of sp³-hybridized carbons (Fsp3) is 1.00. The van der Waals surface area contributed by atoms with Crippen molar-refractivity contribution in [3.63, 3.8) is 0 Å². The van der Waals surface area contributed by atoms with Gasteiger partial charge in [0.15, 0.2) is 0 Å². The van der Waals surface area contributed by atoms with E-state index in [9.17, 15) is 0 Å². The summed E-state index contributed by atoms with van der Waals surface area (Å²) in [5.41, 5.74) is 0. The number of nitrogens with zero attached hydrogens (tertiary/aromatic N) is 3. The first-order valence-corrected chi connectivity index (χ1v) is 12.9. The summed E-state index contributed by atoms with van der Waals surface area (Å²) in [6.07, 6.45) is 1.43. The van der Waals surface area contributed by atoms with Crippen LogP contribution in [0, 0.1) is 0 Å². The molecule has 0 unspecified atom stereocenters. The summed E-state index contributed by atoms with van der Waals surface area (Å²) >= 11 is -1.34. The van der Waals surface area contributed by atoms with Gasteiger partial charge >= 0.3 is 110 Å². The summed E-state index contributed by atoms with van der Waals surface area (Å²) < 4.78 is 5.75. The molecule has 0 radical (unpaired) electrons. The minimum absolute atomic E-state index is 1.21. The molecule has 3 nitrogen and oxygen atoms in total. The third-order valence-corrected chi connectivity index (χ3v) is 14.2. The second kappa shape index (κ2) is 7.96. The molecule has 0 atom stereocenters. The number of rotatable bonds is 6. The predicted octanol–water partition coefficient (Wildman–Crippen LogP) is 1.13. The standard InChI is InChI=1S/C7H16N.C5H12N2.In/c1-4-7-8(5-2)6-3;1-6-4-5-7(2)3;/h1,4-7H2,2-3H3;2,4-5H2,1,3H3;/q;-1;+1. The summed E-state index contributed by atoms with van der Waals surface area (Å²) in [6.45, 7) is 10.9. The van der Waals surface area contributed by atoms with Gasteiger partial charge in [-0.15, -0.1) is 0 Å². The number of likely N-dealkylation sites (N-methyl/N-ethyl adjacent to an activating group) is 2. The first-order chi connectivity index (χ1) is 7.67. The van der Waals surface area contributed by atoms with Crippen molar-refractivity contribution in [2.24, 2.45) is 0 Å². The summed E-state index contributed by atoms with van der Waals surface area (Å²) in [6, 6.07) is 0. The Hall–Kier alpha value is 0.750. The van der Waals surface area contributed by atoms with Crippen LogP contribution >= 0.6 is 0 Å². The quantitative estimate of drug-likeness (QED) is 0.723. The molecule has 0 saturated carbocycles. The van der Waals surface area contributed by atoms with E-state index in [-0.39, 0.29) is 0 Å². The van der Waals surface area contributed by atoms with Gasteiger partial charge in [-0.2, -0.15) is 0 Å². The van der Waals surface area contributed by atoms with Gasteiger partial charge in [0.1, 0.15) is 0 Å². The molecule has 1 aliphatic heterocycles. The predicted molar refractivity (Wildman–Crippen MR) is 73.1 cm³/mol. The Morgan fingerprint density at radius 3 is 2.44 bits per heavy atom. The monoisotopic (exact) mass is 329 g/mol. The van der Waals surface area contributed by atoms with E-state index in [0.29, 0.717) is 0 Å². The third kappa shape index (κ3) is 4.94. The van der Waals surface area contributed by atoms with E-state index in [1.807, 2.05) is 0 Å². The molecule has 0 amide bonds. The van der Waals surface area contributed by atoms with Gasteiger partial charge in [0.2, 0.25) is 0 Å². The molecule has 16 heavy (non-hydrogen) atoms. The fourth-order valence-corrected chi connectivity index (χ4v) is 10.9. The molecule has 0 N–H and O–H groups in total. The van der Waals surface area contributed by atoms with E-state index in [4.69, 9.17) is 0 Å². The molecule has 0 spiro atoms. The van der Waals surface area contributed by atoms with Crippen LogP contribution in [0.15, 0.2) is 0 Å². The van der Waals surface area contributed by atoms with Crippen molar-refractivity contribution in [3.05, 3.63) is 0 Å². The maximum atomic E-state index is 2.74. The van der Waals surface area contributed by atoms with Gasteiger partial charge in [0.25, 0.3) is 0 Å². The van der Waals surface area contributed by atoms with Gasteiger partial charge in [-0.3, -0.25) is 0 Å². The van der Waals surface area contributed by atoms with Crippen LogP contribution in [0.2, 0.25) is 4.18 Å². The van der Waals surface area contributed by atoms with Crippen LogP contribution in [0.3, 0.4) is 0 Å². The Morgan fingerprint density at radius 2 is 1.81 bits per heavy atom. The molecule has 1 saturated heterocycles. The molecule has 0 aromatic heterocycles. The van der Waals surface area contributed by atoms with E-state index >= 15 is 0 Å². The normalized spacial score (nSPS) is 19.7. The number of hydrogen-bond acceptors (Lipinski definition) is 3. The van der Waals surface area contributed by atoms with E-state index in [2.05, 4.69) is 40.6 Å². The average molecular weight is 329 g/mol. The fourth-order valence-electron chi connectivity index (χ4n) is 2.50. The summed E-state index contributed by atoms with van der Waals surface area (Å²) in [5.74, 6) is 0. The van der Waals surface area contributed by atoms with E-state index in [1.54, 1.807) is 4.18 Å². The van der Waals surface area contributed by atoms with Crippen molar-refractivity contribution in [1.29, 1.82) is 0 Å². The Labute approximate surface area is 110 Å². The molecular weight excluding hydrogens is 301 g/mol. The molecule has 1 rings (SSSR count). The summed E-state index contributed by atoms with van der Waals surface area (Å²) in [5, 5.41) is 0. The number of hydrogen-bond donors (Lipinski definition) is 0. The second-order valence-corrected chi connectivity index (χ2v) is 14.0. The van der Waals surface area contributed by atoms with Crippen LogP contribution in [-0.4, -0.2) is 85.5 Å². The van der Waals surface area contributed by atoms with Crippen molar-refractivity contribution in [2.45, 2.75) is 24.4 Å². The molecule has 0 aromatic carbocycles. The van der Waals surface area contributed by atoms with Crippen molar-refractivity contribution in [2.75, 3.05) is 51.1 Å². The first kappa shape index (κ1) is 14.8. The van der Waals surface area contributed by atoms with Crippen LogP contribution in [-0.2, 0) is 0 Å². The Bertz CT molecular complexity index is 185. The molecule has 94 valence electrons. The van der Waals surface area contributed by atoms with Crippen molar-refractivity contribution >= 4 is 21.7 Å². The van der Waals surface area contributed by atoms with Crippen molar-refractivity contribution in [1.82, 2.24) is 12.7 Å². The maximum absolute atomic E-state index is 2.74. The molecule has 0 bridgehead atoms. The average Bonchev–Trinajstić information content (AvgIpc) is 2.29. The van der Waals surface area contributed by atoms with Gasteiger partial charge in [0.05, 0.1) is 0 Å². The topological polar surface area (TPSA) is 9.72 Å². The van der Waals surface area contributed by atoms with Crippen LogP contribution in [0.25, 0.3) is 0 Å². The third-order valence-electron chi connectivity index (χ3n) is 3.89. The van der Waals surface area contributed by atoms with Crippen LogP contribution in [0.1, 0.15) is 20.3 Å².